The first-order chi connectivity index (χ1) is 8.77. The van der Waals surface area contributed by atoms with E-state index in [-0.39, 0.29) is 12.0 Å². The predicted octanol–water partition coefficient (Wildman–Crippen LogP) is 3.12. The molecule has 1 aliphatic rings. The van der Waals surface area contributed by atoms with E-state index in [2.05, 4.69) is 19.1 Å². The van der Waals surface area contributed by atoms with E-state index in [0.717, 1.165) is 24.4 Å². The van der Waals surface area contributed by atoms with Crippen LogP contribution in [0.15, 0.2) is 46.9 Å². The maximum Gasteiger partial charge on any atom is 0.0785 e. The van der Waals surface area contributed by atoms with Gasteiger partial charge in [0.05, 0.1) is 19.3 Å². The molecule has 1 aromatic rings. The molecule has 0 unspecified atom stereocenters. The highest BCUT2D eigenvalue weighted by molar-refractivity contribution is 7.99. The van der Waals surface area contributed by atoms with Crippen LogP contribution in [0.2, 0.25) is 0 Å². The van der Waals surface area contributed by atoms with Crippen LogP contribution in [0, 0.1) is 5.92 Å². The summed E-state index contributed by atoms with van der Waals surface area (Å²) in [5.41, 5.74) is 1.14. The second kappa shape index (κ2) is 6.98. The SMILES string of the molecule is C[C@@H](CSc1ccccc1)[C@@H](O)C1=CCOCC1. The van der Waals surface area contributed by atoms with Gasteiger partial charge in [-0.1, -0.05) is 31.2 Å². The molecule has 1 aromatic carbocycles. The predicted molar refractivity (Wildman–Crippen MR) is 75.9 cm³/mol. The van der Waals surface area contributed by atoms with E-state index in [1.54, 1.807) is 11.8 Å². The Bertz CT molecular complexity index is 389. The van der Waals surface area contributed by atoms with Gasteiger partial charge in [0, 0.05) is 10.6 Å². The van der Waals surface area contributed by atoms with Crippen LogP contribution in [0.5, 0.6) is 0 Å². The quantitative estimate of drug-likeness (QED) is 0.654. The van der Waals surface area contributed by atoms with Crippen molar-refractivity contribution in [3.05, 3.63) is 42.0 Å². The van der Waals surface area contributed by atoms with Crippen LogP contribution in [-0.4, -0.2) is 30.2 Å². The average Bonchev–Trinajstić information content (AvgIpc) is 2.46. The van der Waals surface area contributed by atoms with E-state index in [0.29, 0.717) is 6.61 Å². The van der Waals surface area contributed by atoms with E-state index >= 15 is 0 Å². The zero-order valence-electron chi connectivity index (χ0n) is 10.7. The molecule has 2 nitrogen and oxygen atoms in total. The number of hydrogen-bond donors (Lipinski definition) is 1. The minimum Gasteiger partial charge on any atom is -0.388 e. The Kier molecular flexibility index (Phi) is 5.29. The molecule has 18 heavy (non-hydrogen) atoms. The van der Waals surface area contributed by atoms with Crippen molar-refractivity contribution in [2.24, 2.45) is 5.92 Å². The molecule has 1 heterocycles. The maximum atomic E-state index is 10.3. The van der Waals surface area contributed by atoms with Crippen LogP contribution < -0.4 is 0 Å². The van der Waals surface area contributed by atoms with E-state index < -0.39 is 0 Å². The van der Waals surface area contributed by atoms with Crippen molar-refractivity contribution < 1.29 is 9.84 Å². The van der Waals surface area contributed by atoms with Crippen molar-refractivity contribution in [1.29, 1.82) is 0 Å². The van der Waals surface area contributed by atoms with Crippen LogP contribution in [0.25, 0.3) is 0 Å². The molecule has 0 spiro atoms. The summed E-state index contributed by atoms with van der Waals surface area (Å²) in [5.74, 6) is 1.20. The van der Waals surface area contributed by atoms with E-state index in [9.17, 15) is 5.11 Å². The molecule has 0 fully saturated rings. The van der Waals surface area contributed by atoms with E-state index in [4.69, 9.17) is 4.74 Å². The molecule has 0 saturated carbocycles. The number of benzene rings is 1. The van der Waals surface area contributed by atoms with Crippen molar-refractivity contribution in [1.82, 2.24) is 0 Å². The number of ether oxygens (including phenoxy) is 1. The standard InChI is InChI=1S/C15H20O2S/c1-12(11-18-14-5-3-2-4-6-14)15(16)13-7-9-17-10-8-13/h2-7,12,15-16H,8-11H2,1H3/t12-,15+/m0/s1. The molecule has 1 aliphatic heterocycles. The van der Waals surface area contributed by atoms with Crippen molar-refractivity contribution >= 4 is 11.8 Å². The number of rotatable bonds is 5. The smallest absolute Gasteiger partial charge is 0.0785 e. The first kappa shape index (κ1) is 13.7. The minimum atomic E-state index is -0.329. The molecular formula is C15H20O2S. The second-order valence-corrected chi connectivity index (χ2v) is 5.74. The third-order valence-electron chi connectivity index (χ3n) is 3.17. The van der Waals surface area contributed by atoms with Gasteiger partial charge >= 0.3 is 0 Å². The average molecular weight is 264 g/mol. The lowest BCUT2D eigenvalue weighted by Gasteiger charge is -2.24. The van der Waals surface area contributed by atoms with E-state index in [1.807, 2.05) is 24.3 Å². The number of hydrogen-bond acceptors (Lipinski definition) is 3. The van der Waals surface area contributed by atoms with Gasteiger partial charge in [0.1, 0.15) is 0 Å². The Morgan fingerprint density at radius 1 is 1.33 bits per heavy atom. The molecule has 1 N–H and O–H groups in total. The van der Waals surface area contributed by atoms with Gasteiger partial charge in [-0.2, -0.15) is 0 Å². The van der Waals surface area contributed by atoms with Gasteiger partial charge in [-0.25, -0.2) is 0 Å². The summed E-state index contributed by atoms with van der Waals surface area (Å²) in [6, 6.07) is 10.3. The minimum absolute atomic E-state index is 0.263. The molecule has 0 radical (unpaired) electrons. The summed E-state index contributed by atoms with van der Waals surface area (Å²) < 4.78 is 5.27. The third-order valence-corrected chi connectivity index (χ3v) is 4.47. The lowest BCUT2D eigenvalue weighted by molar-refractivity contribution is 0.117. The molecule has 98 valence electrons. The maximum absolute atomic E-state index is 10.3. The molecule has 3 heteroatoms. The Morgan fingerprint density at radius 3 is 2.78 bits per heavy atom. The molecule has 2 atom stereocenters. The fourth-order valence-electron chi connectivity index (χ4n) is 2.01. The van der Waals surface area contributed by atoms with Gasteiger partial charge in [0.25, 0.3) is 0 Å². The van der Waals surface area contributed by atoms with Crippen LogP contribution in [0.4, 0.5) is 0 Å². The second-order valence-electron chi connectivity index (χ2n) is 4.65. The molecular weight excluding hydrogens is 244 g/mol. The van der Waals surface area contributed by atoms with Crippen LogP contribution in [0.3, 0.4) is 0 Å². The van der Waals surface area contributed by atoms with Crippen molar-refractivity contribution in [3.8, 4) is 0 Å². The Morgan fingerprint density at radius 2 is 2.11 bits per heavy atom. The Labute approximate surface area is 113 Å². The fraction of sp³-hybridized carbons (Fsp3) is 0.467. The molecule has 0 bridgehead atoms. The van der Waals surface area contributed by atoms with Crippen LogP contribution >= 0.6 is 11.8 Å². The van der Waals surface area contributed by atoms with Gasteiger partial charge in [-0.15, -0.1) is 11.8 Å². The summed E-state index contributed by atoms with van der Waals surface area (Å²) >= 11 is 1.80. The van der Waals surface area contributed by atoms with Gasteiger partial charge in [-0.3, -0.25) is 0 Å². The highest BCUT2D eigenvalue weighted by Crippen LogP contribution is 2.25. The molecule has 0 saturated heterocycles. The van der Waals surface area contributed by atoms with Gasteiger partial charge in [0.2, 0.25) is 0 Å². The summed E-state index contributed by atoms with van der Waals surface area (Å²) in [7, 11) is 0. The zero-order chi connectivity index (χ0) is 12.8. The monoisotopic (exact) mass is 264 g/mol. The highest BCUT2D eigenvalue weighted by atomic mass is 32.2. The van der Waals surface area contributed by atoms with Gasteiger partial charge < -0.3 is 9.84 Å². The van der Waals surface area contributed by atoms with Crippen LogP contribution in [-0.2, 0) is 4.74 Å². The van der Waals surface area contributed by atoms with Crippen LogP contribution in [0.1, 0.15) is 13.3 Å². The molecule has 0 aliphatic carbocycles. The van der Waals surface area contributed by atoms with Gasteiger partial charge in [0.15, 0.2) is 0 Å². The van der Waals surface area contributed by atoms with Crippen molar-refractivity contribution in [2.45, 2.75) is 24.3 Å². The first-order valence-electron chi connectivity index (χ1n) is 6.40. The summed E-state index contributed by atoms with van der Waals surface area (Å²) in [5, 5.41) is 10.3. The Balaban J connectivity index is 1.84. The summed E-state index contributed by atoms with van der Waals surface area (Å²) in [6.07, 6.45) is 2.56. The zero-order valence-corrected chi connectivity index (χ0v) is 11.5. The highest BCUT2D eigenvalue weighted by Gasteiger charge is 2.20. The first-order valence-corrected chi connectivity index (χ1v) is 7.38. The fourth-order valence-corrected chi connectivity index (χ4v) is 3.00. The van der Waals surface area contributed by atoms with Gasteiger partial charge in [-0.05, 0) is 30.0 Å². The van der Waals surface area contributed by atoms with Crippen molar-refractivity contribution in [2.75, 3.05) is 19.0 Å². The Hall–Kier alpha value is -0.770. The summed E-state index contributed by atoms with van der Waals surface area (Å²) in [4.78, 5) is 1.26. The normalized spacial score (nSPS) is 19.1. The number of thioether (sulfide) groups is 1. The molecule has 2 rings (SSSR count). The number of aliphatic hydroxyl groups excluding tert-OH is 1. The topological polar surface area (TPSA) is 29.5 Å². The largest absolute Gasteiger partial charge is 0.388 e. The number of aliphatic hydroxyl groups is 1. The molecule has 0 aromatic heterocycles. The van der Waals surface area contributed by atoms with E-state index in [1.165, 1.54) is 4.90 Å². The molecule has 0 amide bonds. The lowest BCUT2D eigenvalue weighted by Crippen LogP contribution is -2.25. The summed E-state index contributed by atoms with van der Waals surface area (Å²) in [6.45, 7) is 3.49. The van der Waals surface area contributed by atoms with Crippen molar-refractivity contribution in [3.63, 3.8) is 0 Å². The lowest BCUT2D eigenvalue weighted by atomic mass is 9.96. The third kappa shape index (κ3) is 3.87.